The third-order valence-corrected chi connectivity index (χ3v) is 1.47. The van der Waals surface area contributed by atoms with E-state index in [2.05, 4.69) is 48.0 Å². The van der Waals surface area contributed by atoms with Crippen molar-refractivity contribution in [2.45, 2.75) is 0 Å². The van der Waals surface area contributed by atoms with Gasteiger partial charge in [0, 0.05) is 13.1 Å². The van der Waals surface area contributed by atoms with Gasteiger partial charge < -0.3 is 9.64 Å². The molecule has 1 fully saturated rings. The van der Waals surface area contributed by atoms with E-state index < -0.39 is 0 Å². The number of hydrogen-bond donors (Lipinski definition) is 0. The third kappa shape index (κ3) is 8.69. The SMILES string of the molecule is C=C=C=C=C=C.CN1CCOCC1. The van der Waals surface area contributed by atoms with Gasteiger partial charge in [0.05, 0.1) is 13.2 Å². The van der Waals surface area contributed by atoms with Crippen molar-refractivity contribution < 1.29 is 4.74 Å². The van der Waals surface area contributed by atoms with Gasteiger partial charge in [-0.05, 0) is 31.7 Å². The van der Waals surface area contributed by atoms with E-state index in [1.807, 2.05) is 0 Å². The van der Waals surface area contributed by atoms with Crippen molar-refractivity contribution in [1.82, 2.24) is 4.90 Å². The molecule has 13 heavy (non-hydrogen) atoms. The predicted octanol–water partition coefficient (Wildman–Crippen LogP) is 1.37. The summed E-state index contributed by atoms with van der Waals surface area (Å²) in [6.45, 7) is 10.5. The minimum Gasteiger partial charge on any atom is -0.379 e. The molecule has 0 N–H and O–H groups in total. The van der Waals surface area contributed by atoms with Crippen LogP contribution in [-0.4, -0.2) is 38.3 Å². The van der Waals surface area contributed by atoms with Gasteiger partial charge in [0.1, 0.15) is 0 Å². The van der Waals surface area contributed by atoms with Crippen LogP contribution < -0.4 is 0 Å². The maximum atomic E-state index is 5.10. The van der Waals surface area contributed by atoms with Crippen LogP contribution in [0.1, 0.15) is 0 Å². The van der Waals surface area contributed by atoms with Crippen molar-refractivity contribution in [2.24, 2.45) is 0 Å². The van der Waals surface area contributed by atoms with Crippen LogP contribution in [0.3, 0.4) is 0 Å². The Morgan fingerprint density at radius 3 is 1.77 bits per heavy atom. The number of likely N-dealkylation sites (N-methyl/N-ethyl adjacent to an activating group) is 1. The summed E-state index contributed by atoms with van der Waals surface area (Å²) in [5, 5.41) is 0. The van der Waals surface area contributed by atoms with Crippen molar-refractivity contribution in [3.8, 4) is 0 Å². The highest BCUT2D eigenvalue weighted by atomic mass is 16.5. The van der Waals surface area contributed by atoms with Crippen LogP contribution >= 0.6 is 0 Å². The van der Waals surface area contributed by atoms with E-state index >= 15 is 0 Å². The Labute approximate surface area is 79.8 Å². The van der Waals surface area contributed by atoms with Crippen LogP contribution in [0.5, 0.6) is 0 Å². The molecule has 2 heteroatoms. The maximum Gasteiger partial charge on any atom is 0.0594 e. The Morgan fingerprint density at radius 1 is 1.08 bits per heavy atom. The quantitative estimate of drug-likeness (QED) is 0.518. The standard InChI is InChI=1S/C6H4.C5H11NO/c1-3-5-6-4-2;1-6-2-4-7-5-3-6/h1-2H2;2-5H2,1H3. The van der Waals surface area contributed by atoms with Gasteiger partial charge >= 0.3 is 0 Å². The predicted molar refractivity (Wildman–Crippen MR) is 53.6 cm³/mol. The number of morpholine rings is 1. The minimum absolute atomic E-state index is 0.913. The molecule has 1 saturated heterocycles. The molecule has 0 radical (unpaired) electrons. The fourth-order valence-electron chi connectivity index (χ4n) is 0.743. The average Bonchev–Trinajstić information content (AvgIpc) is 2.17. The van der Waals surface area contributed by atoms with Crippen molar-refractivity contribution in [3.05, 3.63) is 36.1 Å². The molecule has 1 aliphatic rings. The van der Waals surface area contributed by atoms with Gasteiger partial charge in [0.25, 0.3) is 0 Å². The molecule has 0 amide bonds. The zero-order valence-corrected chi connectivity index (χ0v) is 8.10. The van der Waals surface area contributed by atoms with Gasteiger partial charge in [0.15, 0.2) is 0 Å². The molecule has 0 spiro atoms. The van der Waals surface area contributed by atoms with E-state index in [-0.39, 0.29) is 0 Å². The van der Waals surface area contributed by atoms with E-state index in [0.29, 0.717) is 0 Å². The number of hydrogen-bond acceptors (Lipinski definition) is 2. The molecule has 0 aromatic carbocycles. The van der Waals surface area contributed by atoms with Gasteiger partial charge in [-0.2, -0.15) is 0 Å². The van der Waals surface area contributed by atoms with Crippen molar-refractivity contribution in [3.63, 3.8) is 0 Å². The van der Waals surface area contributed by atoms with Crippen LogP contribution in [0.4, 0.5) is 0 Å². The minimum atomic E-state index is 0.913. The molecule has 0 aliphatic carbocycles. The molecule has 0 unspecified atom stereocenters. The second-order valence-corrected chi connectivity index (χ2v) is 2.52. The lowest BCUT2D eigenvalue weighted by Crippen LogP contribution is -2.32. The van der Waals surface area contributed by atoms with E-state index in [1.165, 1.54) is 0 Å². The first kappa shape index (κ1) is 11.8. The molecule has 1 aliphatic heterocycles. The first-order valence-corrected chi connectivity index (χ1v) is 4.11. The van der Waals surface area contributed by atoms with Crippen molar-refractivity contribution >= 4 is 0 Å². The molecule has 0 aromatic heterocycles. The largest absolute Gasteiger partial charge is 0.379 e. The summed E-state index contributed by atoms with van der Waals surface area (Å²) in [5.74, 6) is 0. The second kappa shape index (κ2) is 8.87. The van der Waals surface area contributed by atoms with E-state index in [4.69, 9.17) is 4.74 Å². The topological polar surface area (TPSA) is 12.5 Å². The Balaban J connectivity index is 0.000000226. The van der Waals surface area contributed by atoms with Crippen molar-refractivity contribution in [1.29, 1.82) is 0 Å². The second-order valence-electron chi connectivity index (χ2n) is 2.52. The highest BCUT2D eigenvalue weighted by Crippen LogP contribution is 1.89. The highest BCUT2D eigenvalue weighted by molar-refractivity contribution is 4.79. The molecular weight excluding hydrogens is 162 g/mol. The molecule has 70 valence electrons. The summed E-state index contributed by atoms with van der Waals surface area (Å²) in [4.78, 5) is 2.27. The molecular formula is C11H15NO. The van der Waals surface area contributed by atoms with Crippen LogP contribution in [0, 0.1) is 0 Å². The molecule has 1 rings (SSSR count). The number of ether oxygens (including phenoxy) is 1. The lowest BCUT2D eigenvalue weighted by atomic mass is 10.5. The van der Waals surface area contributed by atoms with E-state index in [1.54, 1.807) is 0 Å². The van der Waals surface area contributed by atoms with Crippen LogP contribution in [-0.2, 0) is 4.74 Å². The lowest BCUT2D eigenvalue weighted by Gasteiger charge is -2.21. The lowest BCUT2D eigenvalue weighted by molar-refractivity contribution is 0.0503. The fraction of sp³-hybridized carbons (Fsp3) is 0.455. The summed E-state index contributed by atoms with van der Waals surface area (Å²) >= 11 is 0. The van der Waals surface area contributed by atoms with Gasteiger partial charge in [-0.25, -0.2) is 0 Å². The Kier molecular flexibility index (Phi) is 8.04. The van der Waals surface area contributed by atoms with Gasteiger partial charge in [-0.1, -0.05) is 11.5 Å². The molecule has 0 atom stereocenters. The zero-order chi connectivity index (χ0) is 9.94. The smallest absolute Gasteiger partial charge is 0.0594 e. The summed E-state index contributed by atoms with van der Waals surface area (Å²) in [5.41, 5.74) is 9.54. The van der Waals surface area contributed by atoms with Crippen LogP contribution in [0.2, 0.25) is 0 Å². The average molecular weight is 177 g/mol. The van der Waals surface area contributed by atoms with E-state index in [0.717, 1.165) is 26.3 Å². The summed E-state index contributed by atoms with van der Waals surface area (Å²) < 4.78 is 5.10. The monoisotopic (exact) mass is 177 g/mol. The summed E-state index contributed by atoms with van der Waals surface area (Å²) in [6.07, 6.45) is 0. The number of rotatable bonds is 0. The maximum absolute atomic E-state index is 5.10. The summed E-state index contributed by atoms with van der Waals surface area (Å²) in [6, 6.07) is 0. The normalized spacial score (nSPS) is 15.2. The fourth-order valence-corrected chi connectivity index (χ4v) is 0.743. The van der Waals surface area contributed by atoms with E-state index in [9.17, 15) is 0 Å². The first-order valence-electron chi connectivity index (χ1n) is 4.11. The first-order chi connectivity index (χ1) is 6.31. The Hall–Kier alpha value is -1.22. The van der Waals surface area contributed by atoms with Gasteiger partial charge in [0.2, 0.25) is 0 Å². The highest BCUT2D eigenvalue weighted by Gasteiger charge is 2.02. The van der Waals surface area contributed by atoms with Crippen molar-refractivity contribution in [2.75, 3.05) is 33.4 Å². The molecule has 0 bridgehead atoms. The van der Waals surface area contributed by atoms with Crippen LogP contribution in [0.25, 0.3) is 0 Å². The molecule has 2 nitrogen and oxygen atoms in total. The van der Waals surface area contributed by atoms with Gasteiger partial charge in [-0.15, -0.1) is 0 Å². The van der Waals surface area contributed by atoms with Gasteiger partial charge in [-0.3, -0.25) is 0 Å². The molecule has 0 saturated carbocycles. The number of nitrogens with zero attached hydrogens (tertiary/aromatic N) is 1. The Bertz CT molecular complexity index is 234. The third-order valence-electron chi connectivity index (χ3n) is 1.47. The van der Waals surface area contributed by atoms with Crippen LogP contribution in [0.15, 0.2) is 36.1 Å². The summed E-state index contributed by atoms with van der Waals surface area (Å²) in [7, 11) is 2.11. The zero-order valence-electron chi connectivity index (χ0n) is 8.10. The Morgan fingerprint density at radius 2 is 1.54 bits per heavy atom. The molecule has 1 heterocycles. The molecule has 0 aromatic rings.